The van der Waals surface area contributed by atoms with Crippen molar-refractivity contribution in [3.05, 3.63) is 45.7 Å². The van der Waals surface area contributed by atoms with Crippen LogP contribution in [0.15, 0.2) is 18.2 Å². The number of unbranched alkanes of at least 4 members (excludes halogenated alkanes) is 5. The van der Waals surface area contributed by atoms with E-state index in [0.29, 0.717) is 5.02 Å². The Hall–Kier alpha value is -1.81. The summed E-state index contributed by atoms with van der Waals surface area (Å²) in [5.41, 5.74) is 4.98. The molecule has 0 radical (unpaired) electrons. The Labute approximate surface area is 168 Å². The molecule has 1 heterocycles. The molecule has 4 nitrogen and oxygen atoms in total. The number of carbonyl (C=O) groups excluding carboxylic acids is 1. The summed E-state index contributed by atoms with van der Waals surface area (Å²) in [6, 6.07) is 5.66. The van der Waals surface area contributed by atoms with Crippen molar-refractivity contribution >= 4 is 23.2 Å². The fourth-order valence-corrected chi connectivity index (χ4v) is 3.58. The lowest BCUT2D eigenvalue weighted by Gasteiger charge is -2.10. The lowest BCUT2D eigenvalue weighted by atomic mass is 10.0. The first-order valence-corrected chi connectivity index (χ1v) is 10.4. The van der Waals surface area contributed by atoms with Crippen molar-refractivity contribution in [3.63, 3.8) is 0 Å². The van der Waals surface area contributed by atoms with Gasteiger partial charge < -0.3 is 5.32 Å². The second-order valence-electron chi connectivity index (χ2n) is 7.24. The molecule has 1 aromatic carbocycles. The molecule has 0 amide bonds. The maximum Gasteiger partial charge on any atom is 0.266 e. The van der Waals surface area contributed by atoms with Crippen molar-refractivity contribution < 1.29 is 4.79 Å². The Morgan fingerprint density at radius 3 is 2.56 bits per heavy atom. The summed E-state index contributed by atoms with van der Waals surface area (Å²) in [6.45, 7) is 8.37. The molecule has 0 unspecified atom stereocenters. The van der Waals surface area contributed by atoms with E-state index in [2.05, 4.69) is 17.3 Å². The monoisotopic (exact) mass is 389 g/mol. The number of aromatic nitrogens is 2. The molecule has 0 saturated heterocycles. The van der Waals surface area contributed by atoms with Crippen LogP contribution in [0.5, 0.6) is 0 Å². The highest BCUT2D eigenvalue weighted by molar-refractivity contribution is 6.31. The van der Waals surface area contributed by atoms with E-state index >= 15 is 0 Å². The Balaban J connectivity index is 1.94. The number of halogens is 1. The van der Waals surface area contributed by atoms with Crippen LogP contribution in [0.4, 0.5) is 5.69 Å². The summed E-state index contributed by atoms with van der Waals surface area (Å²) in [5.74, 6) is -0.0517. The number of anilines is 1. The molecule has 2 aromatic rings. The molecule has 1 aromatic heterocycles. The first-order valence-electron chi connectivity index (χ1n) is 10.0. The van der Waals surface area contributed by atoms with Crippen LogP contribution >= 0.6 is 11.6 Å². The van der Waals surface area contributed by atoms with E-state index in [4.69, 9.17) is 11.6 Å². The lowest BCUT2D eigenvalue weighted by molar-refractivity contribution is 0.0910. The number of benzene rings is 1. The van der Waals surface area contributed by atoms with Crippen molar-refractivity contribution in [1.82, 2.24) is 9.78 Å². The molecule has 0 aliphatic rings. The second kappa shape index (κ2) is 10.5. The molecular formula is C22H32ClN3O. The van der Waals surface area contributed by atoms with Crippen LogP contribution in [-0.4, -0.2) is 22.2 Å². The summed E-state index contributed by atoms with van der Waals surface area (Å²) in [5, 5.41) is 8.37. The van der Waals surface area contributed by atoms with Gasteiger partial charge in [0, 0.05) is 16.4 Å². The van der Waals surface area contributed by atoms with Crippen LogP contribution in [0.25, 0.3) is 0 Å². The van der Waals surface area contributed by atoms with E-state index in [9.17, 15) is 4.79 Å². The zero-order chi connectivity index (χ0) is 19.8. The fraction of sp³-hybridized carbons (Fsp3) is 0.545. The minimum Gasteiger partial charge on any atom is -0.376 e. The molecule has 0 spiro atoms. The second-order valence-corrected chi connectivity index (χ2v) is 7.65. The van der Waals surface area contributed by atoms with Crippen LogP contribution in [0.2, 0.25) is 5.02 Å². The third-order valence-electron chi connectivity index (χ3n) is 5.16. The smallest absolute Gasteiger partial charge is 0.266 e. The zero-order valence-electron chi connectivity index (χ0n) is 17.1. The Morgan fingerprint density at radius 2 is 1.81 bits per heavy atom. The van der Waals surface area contributed by atoms with Gasteiger partial charge in [0.1, 0.15) is 0 Å². The van der Waals surface area contributed by atoms with E-state index < -0.39 is 0 Å². The first kappa shape index (κ1) is 21.5. The third kappa shape index (κ3) is 5.83. The number of carbonyl (C=O) groups is 1. The van der Waals surface area contributed by atoms with Gasteiger partial charge in [0.05, 0.1) is 12.2 Å². The number of hydrogen-bond acceptors (Lipinski definition) is 3. The van der Waals surface area contributed by atoms with Crippen LogP contribution in [0.1, 0.15) is 72.8 Å². The van der Waals surface area contributed by atoms with Gasteiger partial charge in [-0.1, -0.05) is 56.7 Å². The molecule has 0 saturated carbocycles. The Bertz CT molecular complexity index is 767. The molecule has 148 valence electrons. The van der Waals surface area contributed by atoms with Gasteiger partial charge in [0.2, 0.25) is 0 Å². The molecule has 0 bridgehead atoms. The number of nitrogens with zero attached hydrogens (tertiary/aromatic N) is 2. The molecular weight excluding hydrogens is 358 g/mol. The van der Waals surface area contributed by atoms with Gasteiger partial charge >= 0.3 is 0 Å². The quantitative estimate of drug-likeness (QED) is 0.498. The predicted molar refractivity (Wildman–Crippen MR) is 114 cm³/mol. The number of aryl methyl sites for hydroxylation is 1. The number of hydrogen-bond donors (Lipinski definition) is 1. The average Bonchev–Trinajstić information content (AvgIpc) is 2.93. The van der Waals surface area contributed by atoms with Gasteiger partial charge in [-0.05, 0) is 56.9 Å². The van der Waals surface area contributed by atoms with Gasteiger partial charge in [-0.3, -0.25) is 4.79 Å². The van der Waals surface area contributed by atoms with E-state index in [0.717, 1.165) is 35.5 Å². The van der Waals surface area contributed by atoms with Crippen LogP contribution in [0.3, 0.4) is 0 Å². The minimum absolute atomic E-state index is 0.0517. The molecule has 0 aliphatic heterocycles. The van der Waals surface area contributed by atoms with E-state index in [-0.39, 0.29) is 12.5 Å². The molecule has 5 heteroatoms. The summed E-state index contributed by atoms with van der Waals surface area (Å²) in [4.78, 5) is 12.7. The Kier molecular flexibility index (Phi) is 8.36. The normalized spacial score (nSPS) is 11.0. The number of nitrogens with one attached hydrogen (secondary N) is 1. The highest BCUT2D eigenvalue weighted by atomic mass is 35.5. The van der Waals surface area contributed by atoms with Gasteiger partial charge in [0.15, 0.2) is 0 Å². The van der Waals surface area contributed by atoms with Gasteiger partial charge in [-0.15, -0.1) is 0 Å². The Morgan fingerprint density at radius 1 is 1.11 bits per heavy atom. The average molecular weight is 390 g/mol. The highest BCUT2D eigenvalue weighted by Crippen LogP contribution is 2.23. The van der Waals surface area contributed by atoms with Crippen molar-refractivity contribution in [3.8, 4) is 0 Å². The topological polar surface area (TPSA) is 46.9 Å². The third-order valence-corrected chi connectivity index (χ3v) is 5.56. The van der Waals surface area contributed by atoms with Crippen molar-refractivity contribution in [2.24, 2.45) is 0 Å². The van der Waals surface area contributed by atoms with E-state index in [1.54, 1.807) is 4.68 Å². The number of rotatable bonds is 10. The standard InChI is InChI=1S/C22H32ClN3O/c1-5-6-7-8-9-10-12-19-17(3)25-26(18(19)4)22(27)15-24-21-14-11-13-20(23)16(21)2/h11,13-14,24H,5-10,12,15H2,1-4H3. The first-order chi connectivity index (χ1) is 13.0. The van der Waals surface area contributed by atoms with Crippen molar-refractivity contribution in [1.29, 1.82) is 0 Å². The molecule has 0 fully saturated rings. The van der Waals surface area contributed by atoms with Gasteiger partial charge in [-0.2, -0.15) is 5.10 Å². The summed E-state index contributed by atoms with van der Waals surface area (Å²) >= 11 is 6.14. The zero-order valence-corrected chi connectivity index (χ0v) is 17.8. The van der Waals surface area contributed by atoms with E-state index in [1.807, 2.05) is 39.0 Å². The van der Waals surface area contributed by atoms with Gasteiger partial charge in [0.25, 0.3) is 5.91 Å². The summed E-state index contributed by atoms with van der Waals surface area (Å²) in [6.07, 6.45) is 8.61. The van der Waals surface area contributed by atoms with Crippen LogP contribution < -0.4 is 5.32 Å². The molecule has 1 N–H and O–H groups in total. The predicted octanol–water partition coefficient (Wildman–Crippen LogP) is 6.12. The maximum absolute atomic E-state index is 12.7. The lowest BCUT2D eigenvalue weighted by Crippen LogP contribution is -2.23. The van der Waals surface area contributed by atoms with Crippen molar-refractivity contribution in [2.45, 2.75) is 72.6 Å². The largest absolute Gasteiger partial charge is 0.376 e. The van der Waals surface area contributed by atoms with Crippen LogP contribution in [-0.2, 0) is 6.42 Å². The fourth-order valence-electron chi connectivity index (χ4n) is 3.41. The van der Waals surface area contributed by atoms with Gasteiger partial charge in [-0.25, -0.2) is 4.68 Å². The highest BCUT2D eigenvalue weighted by Gasteiger charge is 2.16. The molecule has 2 rings (SSSR count). The maximum atomic E-state index is 12.7. The summed E-state index contributed by atoms with van der Waals surface area (Å²) < 4.78 is 1.55. The molecule has 0 atom stereocenters. The SMILES string of the molecule is CCCCCCCCc1c(C)nn(C(=O)CNc2cccc(Cl)c2C)c1C. The van der Waals surface area contributed by atoms with Crippen LogP contribution in [0, 0.1) is 20.8 Å². The molecule has 0 aliphatic carbocycles. The molecule has 27 heavy (non-hydrogen) atoms. The minimum atomic E-state index is -0.0517. The van der Waals surface area contributed by atoms with E-state index in [1.165, 1.54) is 37.7 Å². The summed E-state index contributed by atoms with van der Waals surface area (Å²) in [7, 11) is 0. The van der Waals surface area contributed by atoms with Crippen molar-refractivity contribution in [2.75, 3.05) is 11.9 Å².